The van der Waals surface area contributed by atoms with Gasteiger partial charge in [0.05, 0.1) is 50.7 Å². The fourth-order valence-electron chi connectivity index (χ4n) is 9.96. The van der Waals surface area contributed by atoms with Crippen LogP contribution in [0.2, 0.25) is 10.0 Å². The summed E-state index contributed by atoms with van der Waals surface area (Å²) >= 11 is 16.5. The number of benzene rings is 2. The van der Waals surface area contributed by atoms with Crippen LogP contribution in [0.1, 0.15) is 83.1 Å². The van der Waals surface area contributed by atoms with E-state index in [0.29, 0.717) is 101 Å². The van der Waals surface area contributed by atoms with Gasteiger partial charge in [-0.3, -0.25) is 0 Å². The van der Waals surface area contributed by atoms with Crippen molar-refractivity contribution in [1.82, 2.24) is 29.7 Å². The Morgan fingerprint density at radius 3 is 2.48 bits per heavy atom. The minimum Gasteiger partial charge on any atom is -0.493 e. The molecule has 3 atom stereocenters. The first-order chi connectivity index (χ1) is 34.4. The first-order valence-corrected chi connectivity index (χ1v) is 26.2. The molecule has 0 amide bonds. The van der Waals surface area contributed by atoms with E-state index in [1.807, 2.05) is 32.1 Å². The molecule has 5 aliphatic rings. The van der Waals surface area contributed by atoms with E-state index in [2.05, 4.69) is 26.8 Å². The van der Waals surface area contributed by atoms with Gasteiger partial charge < -0.3 is 43.3 Å². The Labute approximate surface area is 428 Å². The highest BCUT2D eigenvalue weighted by Gasteiger charge is 2.35. The van der Waals surface area contributed by atoms with Gasteiger partial charge in [-0.25, -0.2) is 29.1 Å². The largest absolute Gasteiger partial charge is 0.493 e. The summed E-state index contributed by atoms with van der Waals surface area (Å²) in [5, 5.41) is 12.8. The highest BCUT2D eigenvalue weighted by atomic mass is 35.5. The Hall–Kier alpha value is -4.52. The normalized spacial score (nSPS) is 21.3. The summed E-state index contributed by atoms with van der Waals surface area (Å²) in [4.78, 5) is 38.7. The zero-order chi connectivity index (χ0) is 49.6. The Morgan fingerprint density at radius 2 is 1.76 bits per heavy atom. The minimum absolute atomic E-state index is 0.00749. The van der Waals surface area contributed by atoms with E-state index in [1.54, 1.807) is 36.8 Å². The number of hydrogen-bond donors (Lipinski definition) is 1. The number of carboxylic acid groups (broad SMARTS) is 1. The van der Waals surface area contributed by atoms with Gasteiger partial charge in [0.2, 0.25) is 12.0 Å². The number of ether oxygens (including phenoxy) is 6. The second-order valence-corrected chi connectivity index (χ2v) is 21.2. The molecule has 6 heterocycles. The number of aliphatic carboxylic acids is 1. The van der Waals surface area contributed by atoms with Crippen LogP contribution in [0.4, 0.5) is 4.39 Å². The van der Waals surface area contributed by atoms with Crippen LogP contribution < -0.4 is 14.2 Å². The van der Waals surface area contributed by atoms with Gasteiger partial charge in [0, 0.05) is 90.8 Å². The van der Waals surface area contributed by atoms with Crippen LogP contribution in [0.3, 0.4) is 0 Å². The third-order valence-corrected chi connectivity index (χ3v) is 16.6. The van der Waals surface area contributed by atoms with Crippen LogP contribution in [0.5, 0.6) is 17.4 Å². The minimum atomic E-state index is -1.49. The number of halogens is 3. The topological polar surface area (TPSA) is 151 Å². The molecule has 1 N–H and O–H groups in total. The summed E-state index contributed by atoms with van der Waals surface area (Å²) in [7, 11) is 3.76. The molecule has 3 aliphatic heterocycles. The molecule has 10 rings (SSSR count). The molecular formula is C53H63Cl2FN6O8S. The number of aromatic nitrogens is 4. The van der Waals surface area contributed by atoms with Gasteiger partial charge in [0.1, 0.15) is 34.9 Å². The highest BCUT2D eigenvalue weighted by Crippen LogP contribution is 2.53. The monoisotopic (exact) mass is 1030 g/mol. The van der Waals surface area contributed by atoms with E-state index < -0.39 is 17.7 Å². The van der Waals surface area contributed by atoms with Crippen LogP contribution in [-0.2, 0) is 38.5 Å². The summed E-state index contributed by atoms with van der Waals surface area (Å²) in [5.74, 6) is 0.818. The van der Waals surface area contributed by atoms with Crippen molar-refractivity contribution < 1.29 is 42.7 Å². The van der Waals surface area contributed by atoms with Gasteiger partial charge in [-0.1, -0.05) is 35.7 Å². The summed E-state index contributed by atoms with van der Waals surface area (Å²) < 4.78 is 51.5. The zero-order valence-corrected chi connectivity index (χ0v) is 43.3. The number of nitrogens with zero attached hydrogens (tertiary/aromatic N) is 6. The maximum absolute atomic E-state index is 15.7. The Morgan fingerprint density at radius 1 is 0.986 bits per heavy atom. The number of likely N-dealkylation sites (N-methyl/N-ethyl adjacent to an activating group) is 1. The third-order valence-electron chi connectivity index (χ3n) is 14.3. The van der Waals surface area contributed by atoms with Gasteiger partial charge in [0.15, 0.2) is 5.82 Å². The quantitative estimate of drug-likeness (QED) is 0.0934. The van der Waals surface area contributed by atoms with E-state index >= 15 is 4.39 Å². The molecule has 14 nitrogen and oxygen atoms in total. The van der Waals surface area contributed by atoms with Crippen LogP contribution in [-0.4, -0.2) is 139 Å². The van der Waals surface area contributed by atoms with E-state index in [4.69, 9.17) is 61.6 Å². The fourth-order valence-corrected chi connectivity index (χ4v) is 11.8. The average molecular weight is 1030 g/mol. The number of carbonyl (C=O) groups is 1. The highest BCUT2D eigenvalue weighted by molar-refractivity contribution is 7.19. The molecule has 71 heavy (non-hydrogen) atoms. The van der Waals surface area contributed by atoms with Crippen molar-refractivity contribution in [2.75, 3.05) is 86.5 Å². The molecule has 2 aromatic carbocycles. The van der Waals surface area contributed by atoms with Crippen LogP contribution in [0.15, 0.2) is 42.9 Å². The lowest BCUT2D eigenvalue weighted by Crippen LogP contribution is -2.47. The Kier molecular flexibility index (Phi) is 16.7. The fraction of sp³-hybridized carbons (Fsp3) is 0.528. The van der Waals surface area contributed by atoms with Gasteiger partial charge in [0.25, 0.3) is 0 Å². The van der Waals surface area contributed by atoms with Crippen molar-refractivity contribution >= 4 is 56.3 Å². The molecule has 1 saturated heterocycles. The number of fused-ring (bicyclic) bond motifs is 7. The molecule has 4 bridgehead atoms. The number of carboxylic acids is 1. The molecule has 1 saturated carbocycles. The summed E-state index contributed by atoms with van der Waals surface area (Å²) in [6.45, 7) is 10.7. The van der Waals surface area contributed by atoms with E-state index in [1.165, 1.54) is 6.33 Å². The first kappa shape index (κ1) is 51.4. The predicted molar refractivity (Wildman–Crippen MR) is 273 cm³/mol. The lowest BCUT2D eigenvalue weighted by Gasteiger charge is -2.35. The predicted octanol–water partition coefficient (Wildman–Crippen LogP) is 9.75. The molecule has 5 aromatic rings. The van der Waals surface area contributed by atoms with Crippen molar-refractivity contribution in [2.24, 2.45) is 5.92 Å². The number of hydrogen-bond acceptors (Lipinski definition) is 14. The van der Waals surface area contributed by atoms with Crippen molar-refractivity contribution in [3.63, 3.8) is 0 Å². The Bertz CT molecular complexity index is 2700. The van der Waals surface area contributed by atoms with Crippen LogP contribution in [0.25, 0.3) is 26.9 Å². The van der Waals surface area contributed by atoms with Crippen LogP contribution >= 0.6 is 34.5 Å². The number of alkyl halides is 1. The van der Waals surface area contributed by atoms with Gasteiger partial charge in [-0.2, -0.15) is 0 Å². The van der Waals surface area contributed by atoms with E-state index in [-0.39, 0.29) is 44.3 Å². The van der Waals surface area contributed by atoms with Crippen molar-refractivity contribution in [3.8, 4) is 28.5 Å². The smallest absolute Gasteiger partial charge is 0.345 e. The maximum Gasteiger partial charge on any atom is 0.345 e. The molecule has 3 aromatic heterocycles. The van der Waals surface area contributed by atoms with Crippen molar-refractivity contribution in [2.45, 2.75) is 89.5 Å². The number of allylic oxidation sites excluding steroid dienone is 2. The SMILES string of the molecule is COCCOCCOC[C@@]1(F)CC=C(c2nccc(COc3ccc4cc3C[C@H](C(=O)O)Oc3ncnc5sc(C6CCC6)c(c35)-c3c(C)c(Cl)c(c(Cl)c3C)C[C@H](CN3CCN(C)CC3)CO4)n2)CC1. The number of methoxy groups -OCH3 is 1. The Balaban J connectivity index is 1.02. The zero-order valence-electron chi connectivity index (χ0n) is 40.9. The molecular weight excluding hydrogens is 971 g/mol. The average Bonchev–Trinajstić information content (AvgIpc) is 3.72. The summed E-state index contributed by atoms with van der Waals surface area (Å²) in [6, 6.07) is 7.25. The van der Waals surface area contributed by atoms with Crippen LogP contribution in [0, 0.1) is 19.8 Å². The molecule has 0 unspecified atom stereocenters. The molecule has 0 radical (unpaired) electrons. The second kappa shape index (κ2) is 23.1. The maximum atomic E-state index is 15.7. The standard InChI is InChI=1S/C53H63Cl2FN6O8S/c1-32-43-33(2)47(55)40(46(32)54)24-34(27-62-18-16-61(3)17-19-62)28-68-39-8-9-41(37(25-39)26-42(52(63)64)70-50-45-44(43)48(35-6-5-7-35)71-51(45)59-31-58-50)69-29-38-12-15-57-49(60-38)36-10-13-53(56,14-11-36)30-67-23-22-66-21-20-65-4/h8-10,12,15,25,31,34-35,42H,5-7,11,13-14,16-24,26-30H2,1-4H3,(H,63,64)/t34-,42-,53-/m1/s1. The number of thiophene rings is 1. The molecule has 0 spiro atoms. The van der Waals surface area contributed by atoms with Crippen molar-refractivity contribution in [3.05, 3.63) is 91.6 Å². The van der Waals surface area contributed by atoms with Crippen molar-refractivity contribution in [1.29, 1.82) is 0 Å². The second-order valence-electron chi connectivity index (χ2n) is 19.4. The molecule has 18 heteroatoms. The molecule has 2 aliphatic carbocycles. The lowest BCUT2D eigenvalue weighted by atomic mass is 9.80. The summed E-state index contributed by atoms with van der Waals surface area (Å²) in [5.41, 5.74) is 5.04. The molecule has 2 fully saturated rings. The lowest BCUT2D eigenvalue weighted by molar-refractivity contribution is -0.145. The van der Waals surface area contributed by atoms with Gasteiger partial charge >= 0.3 is 5.97 Å². The van der Waals surface area contributed by atoms with E-state index in [0.717, 1.165) is 90.3 Å². The van der Waals surface area contributed by atoms with Gasteiger partial charge in [-0.15, -0.1) is 11.3 Å². The van der Waals surface area contributed by atoms with E-state index in [9.17, 15) is 9.90 Å². The molecule has 380 valence electrons. The summed E-state index contributed by atoms with van der Waals surface area (Å²) in [6.07, 6.45) is 8.18. The van der Waals surface area contributed by atoms with Gasteiger partial charge in [-0.05, 0) is 111 Å². The first-order valence-electron chi connectivity index (χ1n) is 24.7. The third kappa shape index (κ3) is 12.0. The number of rotatable bonds is 16. The number of piperazine rings is 1.